The van der Waals surface area contributed by atoms with Gasteiger partial charge in [0.15, 0.2) is 17.4 Å². The fraction of sp³-hybridized carbons (Fsp3) is 0.621. The number of piperidine rings is 1. The van der Waals surface area contributed by atoms with Crippen molar-refractivity contribution in [2.75, 3.05) is 20.2 Å². The van der Waals surface area contributed by atoms with Crippen LogP contribution < -0.4 is 15.2 Å². The van der Waals surface area contributed by atoms with Crippen molar-refractivity contribution in [1.29, 1.82) is 0 Å². The van der Waals surface area contributed by atoms with E-state index in [-0.39, 0.29) is 74.1 Å². The third kappa shape index (κ3) is 7.64. The third-order valence-electron chi connectivity index (χ3n) is 8.59. The number of halogens is 7. The minimum absolute atomic E-state index is 0.00871. The molecule has 3 heterocycles. The van der Waals surface area contributed by atoms with Crippen LogP contribution in [0, 0.1) is 17.7 Å². The van der Waals surface area contributed by atoms with Crippen LogP contribution in [0.4, 0.5) is 30.7 Å². The lowest BCUT2D eigenvalue weighted by atomic mass is 9.82. The lowest BCUT2D eigenvalue weighted by molar-refractivity contribution is -0.185. The van der Waals surface area contributed by atoms with Gasteiger partial charge in [-0.3, -0.25) is 14.4 Å². The highest BCUT2D eigenvalue weighted by molar-refractivity contribution is 7.11. The summed E-state index contributed by atoms with van der Waals surface area (Å²) >= 11 is 1.30. The van der Waals surface area contributed by atoms with E-state index in [4.69, 9.17) is 14.5 Å². The van der Waals surface area contributed by atoms with Crippen LogP contribution in [-0.2, 0) is 6.54 Å². The number of hydrogen-bond donors (Lipinski definition) is 1. The molecular formula is C29H33F7N4O4S. The Labute approximate surface area is 257 Å². The highest BCUT2D eigenvalue weighted by Crippen LogP contribution is 2.46. The highest BCUT2D eigenvalue weighted by Gasteiger charge is 2.43. The largest absolute Gasteiger partial charge is 0.496 e. The number of nitrogens with one attached hydrogen (secondary N) is 1. The number of benzene rings is 1. The van der Waals surface area contributed by atoms with E-state index < -0.39 is 41.9 Å². The molecule has 1 saturated carbocycles. The van der Waals surface area contributed by atoms with Gasteiger partial charge in [0.2, 0.25) is 0 Å². The maximum atomic E-state index is 15.4. The molecule has 1 aliphatic heterocycles. The first-order chi connectivity index (χ1) is 21.3. The second-order valence-electron chi connectivity index (χ2n) is 11.5. The van der Waals surface area contributed by atoms with Gasteiger partial charge in [0.25, 0.3) is 0 Å². The summed E-state index contributed by atoms with van der Waals surface area (Å²) in [5, 5.41) is 4.22. The predicted molar refractivity (Wildman–Crippen MR) is 150 cm³/mol. The number of rotatable bonds is 9. The van der Waals surface area contributed by atoms with Crippen LogP contribution >= 0.6 is 11.3 Å². The molecule has 45 heavy (non-hydrogen) atoms. The minimum atomic E-state index is -4.26. The summed E-state index contributed by atoms with van der Waals surface area (Å²) in [6, 6.07) is 2.39. The van der Waals surface area contributed by atoms with E-state index in [9.17, 15) is 31.1 Å². The Hall–Kier alpha value is -3.14. The number of thiazole rings is 1. The first-order valence-electron chi connectivity index (χ1n) is 14.7. The second-order valence-corrected chi connectivity index (χ2v) is 12.5. The second kappa shape index (κ2) is 13.3. The molecule has 1 unspecified atom stereocenters. The van der Waals surface area contributed by atoms with Gasteiger partial charge in [0, 0.05) is 18.5 Å². The average molecular weight is 667 g/mol. The van der Waals surface area contributed by atoms with Gasteiger partial charge < -0.3 is 9.47 Å². The first kappa shape index (κ1) is 33.2. The van der Waals surface area contributed by atoms with E-state index in [1.165, 1.54) is 24.5 Å². The van der Waals surface area contributed by atoms with Crippen molar-refractivity contribution < 1.29 is 44.7 Å². The van der Waals surface area contributed by atoms with Crippen LogP contribution in [0.2, 0.25) is 0 Å². The molecule has 1 N–H and O–H groups in total. The van der Waals surface area contributed by atoms with Crippen molar-refractivity contribution in [3.63, 3.8) is 0 Å². The fourth-order valence-electron chi connectivity index (χ4n) is 6.02. The Balaban J connectivity index is 1.42. The van der Waals surface area contributed by atoms with Gasteiger partial charge >= 0.3 is 18.1 Å². The summed E-state index contributed by atoms with van der Waals surface area (Å²) < 4.78 is 111. The molecule has 248 valence electrons. The van der Waals surface area contributed by atoms with Gasteiger partial charge in [-0.1, -0.05) is 12.1 Å². The molecule has 16 heteroatoms. The summed E-state index contributed by atoms with van der Waals surface area (Å²) in [6.07, 6.45) is -8.35. The van der Waals surface area contributed by atoms with Gasteiger partial charge in [-0.05, 0) is 64.1 Å². The van der Waals surface area contributed by atoms with Crippen LogP contribution in [0.1, 0.15) is 79.5 Å². The van der Waals surface area contributed by atoms with Crippen molar-refractivity contribution >= 4 is 11.3 Å². The zero-order chi connectivity index (χ0) is 32.5. The van der Waals surface area contributed by atoms with Gasteiger partial charge in [0.05, 0.1) is 40.1 Å². The maximum Gasteiger partial charge on any atom is 0.439 e. The van der Waals surface area contributed by atoms with Crippen LogP contribution in [0.25, 0.3) is 11.4 Å². The highest BCUT2D eigenvalue weighted by atomic mass is 32.1. The maximum absolute atomic E-state index is 15.4. The normalized spacial score (nSPS) is 21.2. The molecule has 3 aromatic rings. The van der Waals surface area contributed by atoms with Crippen LogP contribution in [-0.4, -0.2) is 52.6 Å². The molecule has 0 radical (unpaired) electrons. The fourth-order valence-corrected chi connectivity index (χ4v) is 7.38. The SMILES string of the molecule is CCC(Oc1cc(OC)c(-c2noc(=O)[nH]2)cc1F)c1sc([C@H]2CC[C@H](C(F)(F)F)CC2)nc1CN1CCC(C(F)(F)F)CC1. The van der Waals surface area contributed by atoms with Crippen molar-refractivity contribution in [3.05, 3.63) is 44.1 Å². The molecule has 0 spiro atoms. The van der Waals surface area contributed by atoms with E-state index in [1.54, 1.807) is 0 Å². The molecule has 1 atom stereocenters. The predicted octanol–water partition coefficient (Wildman–Crippen LogP) is 7.77. The topological polar surface area (TPSA) is 93.5 Å². The number of nitrogens with zero attached hydrogens (tertiary/aromatic N) is 3. The number of methoxy groups -OCH3 is 1. The van der Waals surface area contributed by atoms with Gasteiger partial charge in [-0.2, -0.15) is 26.3 Å². The van der Waals surface area contributed by atoms with Crippen molar-refractivity contribution in [1.82, 2.24) is 20.0 Å². The molecule has 2 aliphatic rings. The smallest absolute Gasteiger partial charge is 0.439 e. The van der Waals surface area contributed by atoms with Gasteiger partial charge in [-0.15, -0.1) is 11.3 Å². The van der Waals surface area contributed by atoms with Crippen LogP contribution in [0.5, 0.6) is 11.5 Å². The quantitative estimate of drug-likeness (QED) is 0.233. The number of alkyl halides is 6. The van der Waals surface area contributed by atoms with E-state index in [0.717, 1.165) is 6.07 Å². The third-order valence-corrected chi connectivity index (χ3v) is 9.94. The monoisotopic (exact) mass is 666 g/mol. The molecule has 2 aromatic heterocycles. The molecule has 1 saturated heterocycles. The van der Waals surface area contributed by atoms with Crippen molar-refractivity contribution in [3.8, 4) is 22.9 Å². The van der Waals surface area contributed by atoms with E-state index >= 15 is 4.39 Å². The number of H-pyrrole nitrogens is 1. The summed E-state index contributed by atoms with van der Waals surface area (Å²) in [5.41, 5.74) is 0.688. The Morgan fingerprint density at radius 1 is 1.02 bits per heavy atom. The Morgan fingerprint density at radius 3 is 2.22 bits per heavy atom. The molecule has 1 aromatic carbocycles. The molecular weight excluding hydrogens is 633 g/mol. The molecule has 1 aliphatic carbocycles. The van der Waals surface area contributed by atoms with Crippen LogP contribution in [0.3, 0.4) is 0 Å². The number of ether oxygens (including phenoxy) is 2. The van der Waals surface area contributed by atoms with E-state index in [2.05, 4.69) is 14.7 Å². The summed E-state index contributed by atoms with van der Waals surface area (Å²) in [4.78, 5) is 21.1. The van der Waals surface area contributed by atoms with Crippen molar-refractivity contribution in [2.45, 2.75) is 82.8 Å². The van der Waals surface area contributed by atoms with Gasteiger partial charge in [0.1, 0.15) is 11.9 Å². The Bertz CT molecular complexity index is 1500. The zero-order valence-corrected chi connectivity index (χ0v) is 25.4. The van der Waals surface area contributed by atoms with Crippen molar-refractivity contribution in [2.24, 2.45) is 11.8 Å². The number of hydrogen-bond acceptors (Lipinski definition) is 8. The lowest BCUT2D eigenvalue weighted by Crippen LogP contribution is -2.38. The number of aromatic nitrogens is 3. The lowest BCUT2D eigenvalue weighted by Gasteiger charge is -2.32. The van der Waals surface area contributed by atoms with Crippen LogP contribution in [0.15, 0.2) is 21.5 Å². The molecule has 5 rings (SSSR count). The van der Waals surface area contributed by atoms with E-state index in [1.807, 2.05) is 11.8 Å². The molecule has 2 fully saturated rings. The summed E-state index contributed by atoms with van der Waals surface area (Å²) in [5.74, 6) is -4.60. The number of likely N-dealkylation sites (tertiary alicyclic amines) is 1. The molecule has 0 amide bonds. The summed E-state index contributed by atoms with van der Waals surface area (Å²) in [7, 11) is 1.35. The number of aromatic amines is 1. The minimum Gasteiger partial charge on any atom is -0.496 e. The summed E-state index contributed by atoms with van der Waals surface area (Å²) in [6.45, 7) is 2.48. The van der Waals surface area contributed by atoms with Gasteiger partial charge in [-0.25, -0.2) is 14.2 Å². The molecule has 0 bridgehead atoms. The average Bonchev–Trinajstić information content (AvgIpc) is 3.62. The first-order valence-corrected chi connectivity index (χ1v) is 15.5. The molecule has 8 nitrogen and oxygen atoms in total. The zero-order valence-electron chi connectivity index (χ0n) is 24.6. The Morgan fingerprint density at radius 2 is 1.67 bits per heavy atom. The standard InChI is InChI=1S/C29H33F7N4O4S/c1-3-21(43-23-13-22(42-2)18(12-19(23)30)25-38-27(41)44-39-25)24-20(14-40-10-8-17(9-11-40)29(34,35)36)37-26(45-24)15-4-6-16(7-5-15)28(31,32)33/h12-13,15-17,21H,3-11,14H2,1-2H3,(H,38,39,41)/t15-,16-,21?. The Kier molecular flexibility index (Phi) is 9.82. The van der Waals surface area contributed by atoms with E-state index in [0.29, 0.717) is 34.8 Å².